The van der Waals surface area contributed by atoms with E-state index in [9.17, 15) is 8.42 Å². The van der Waals surface area contributed by atoms with Crippen LogP contribution < -0.4 is 0 Å². The second kappa shape index (κ2) is 7.99. The Morgan fingerprint density at radius 1 is 1.21 bits per heavy atom. The maximum absolute atomic E-state index is 12.1. The van der Waals surface area contributed by atoms with E-state index in [-0.39, 0.29) is 12.4 Å². The van der Waals surface area contributed by atoms with Gasteiger partial charge in [0, 0.05) is 24.2 Å². The van der Waals surface area contributed by atoms with Crippen molar-refractivity contribution in [1.29, 1.82) is 0 Å². The van der Waals surface area contributed by atoms with Crippen LogP contribution in [-0.2, 0) is 9.84 Å². The monoisotopic (exact) mass is 349 g/mol. The Hall–Kier alpha value is -0.430. The molecule has 0 fully saturated rings. The van der Waals surface area contributed by atoms with Gasteiger partial charge < -0.3 is 10.0 Å². The first-order chi connectivity index (χ1) is 8.99. The maximum atomic E-state index is 12.1. The summed E-state index contributed by atoms with van der Waals surface area (Å²) in [5, 5.41) is 8.79. The standard InChI is InChI=1S/C13H20BrNO3S/c1-2-15(8-3-10-16)9-11-19(17,18)13-6-4-12(14)5-7-13/h4-7,16H,2-3,8-11H2,1H3. The minimum Gasteiger partial charge on any atom is -0.396 e. The Kier molecular flexibility index (Phi) is 6.99. The molecule has 0 saturated carbocycles. The predicted molar refractivity (Wildman–Crippen MR) is 80.0 cm³/mol. The molecule has 0 unspecified atom stereocenters. The Bertz CT molecular complexity index is 473. The van der Waals surface area contributed by atoms with Crippen LogP contribution in [0.3, 0.4) is 0 Å². The molecule has 0 aliphatic rings. The molecule has 1 aromatic carbocycles. The minimum absolute atomic E-state index is 0.105. The van der Waals surface area contributed by atoms with E-state index in [2.05, 4.69) is 15.9 Å². The predicted octanol–water partition coefficient (Wildman–Crippen LogP) is 1.93. The van der Waals surface area contributed by atoms with Gasteiger partial charge in [0.15, 0.2) is 9.84 Å². The lowest BCUT2D eigenvalue weighted by atomic mass is 10.4. The van der Waals surface area contributed by atoms with Gasteiger partial charge in [-0.1, -0.05) is 22.9 Å². The van der Waals surface area contributed by atoms with Crippen LogP contribution in [0.1, 0.15) is 13.3 Å². The largest absolute Gasteiger partial charge is 0.396 e. The average molecular weight is 350 g/mol. The van der Waals surface area contributed by atoms with Crippen LogP contribution in [0.2, 0.25) is 0 Å². The molecular formula is C13H20BrNO3S. The highest BCUT2D eigenvalue weighted by Crippen LogP contribution is 2.16. The molecule has 1 aromatic rings. The second-order valence-electron chi connectivity index (χ2n) is 4.28. The fraction of sp³-hybridized carbons (Fsp3) is 0.538. The number of hydrogen-bond acceptors (Lipinski definition) is 4. The number of rotatable bonds is 8. The minimum atomic E-state index is -3.23. The zero-order valence-corrected chi connectivity index (χ0v) is 13.5. The average Bonchev–Trinajstić information content (AvgIpc) is 2.39. The first-order valence-corrected chi connectivity index (χ1v) is 8.75. The Morgan fingerprint density at radius 3 is 2.37 bits per heavy atom. The number of benzene rings is 1. The van der Waals surface area contributed by atoms with Gasteiger partial charge in [-0.3, -0.25) is 0 Å². The highest BCUT2D eigenvalue weighted by atomic mass is 79.9. The van der Waals surface area contributed by atoms with Crippen molar-refractivity contribution in [2.45, 2.75) is 18.2 Å². The zero-order valence-electron chi connectivity index (χ0n) is 11.0. The Balaban J connectivity index is 2.61. The summed E-state index contributed by atoms with van der Waals surface area (Å²) in [7, 11) is -3.23. The number of sulfone groups is 1. The fourth-order valence-corrected chi connectivity index (χ4v) is 3.28. The first kappa shape index (κ1) is 16.6. The smallest absolute Gasteiger partial charge is 0.179 e. The summed E-state index contributed by atoms with van der Waals surface area (Å²) in [6.07, 6.45) is 0.673. The van der Waals surface area contributed by atoms with Crippen molar-refractivity contribution in [2.24, 2.45) is 0 Å². The fourth-order valence-electron chi connectivity index (χ4n) is 1.73. The molecule has 0 aliphatic carbocycles. The van der Waals surface area contributed by atoms with Gasteiger partial charge in [0.05, 0.1) is 10.6 Å². The van der Waals surface area contributed by atoms with Gasteiger partial charge in [0.1, 0.15) is 0 Å². The van der Waals surface area contributed by atoms with Crippen LogP contribution in [0.15, 0.2) is 33.6 Å². The van der Waals surface area contributed by atoms with Gasteiger partial charge in [-0.25, -0.2) is 8.42 Å². The molecule has 1 N–H and O–H groups in total. The summed E-state index contributed by atoms with van der Waals surface area (Å²) >= 11 is 3.29. The molecule has 0 amide bonds. The van der Waals surface area contributed by atoms with Gasteiger partial charge >= 0.3 is 0 Å². The normalized spacial score (nSPS) is 12.0. The highest BCUT2D eigenvalue weighted by Gasteiger charge is 2.15. The molecule has 0 aliphatic heterocycles. The third-order valence-electron chi connectivity index (χ3n) is 2.93. The number of nitrogens with zero attached hydrogens (tertiary/aromatic N) is 1. The van der Waals surface area contributed by atoms with Crippen molar-refractivity contribution in [3.8, 4) is 0 Å². The molecule has 0 saturated heterocycles. The van der Waals surface area contributed by atoms with Crippen LogP contribution in [-0.4, -0.2) is 50.4 Å². The maximum Gasteiger partial charge on any atom is 0.179 e. The lowest BCUT2D eigenvalue weighted by Crippen LogP contribution is -2.30. The van der Waals surface area contributed by atoms with Crippen LogP contribution in [0.25, 0.3) is 0 Å². The van der Waals surface area contributed by atoms with Gasteiger partial charge in [-0.2, -0.15) is 0 Å². The van der Waals surface area contributed by atoms with E-state index < -0.39 is 9.84 Å². The van der Waals surface area contributed by atoms with E-state index in [0.29, 0.717) is 17.9 Å². The van der Waals surface area contributed by atoms with Crippen LogP contribution >= 0.6 is 15.9 Å². The van der Waals surface area contributed by atoms with Crippen molar-refractivity contribution in [3.05, 3.63) is 28.7 Å². The van der Waals surface area contributed by atoms with Crippen LogP contribution in [0, 0.1) is 0 Å². The first-order valence-electron chi connectivity index (χ1n) is 6.31. The van der Waals surface area contributed by atoms with E-state index >= 15 is 0 Å². The molecule has 0 spiro atoms. The SMILES string of the molecule is CCN(CCCO)CCS(=O)(=O)c1ccc(Br)cc1. The summed E-state index contributed by atoms with van der Waals surface area (Å²) in [6, 6.07) is 6.69. The van der Waals surface area contributed by atoms with Crippen molar-refractivity contribution in [3.63, 3.8) is 0 Å². The van der Waals surface area contributed by atoms with E-state index in [4.69, 9.17) is 5.11 Å². The molecule has 108 valence electrons. The van der Waals surface area contributed by atoms with Crippen molar-refractivity contribution >= 4 is 25.8 Å². The van der Waals surface area contributed by atoms with Crippen molar-refractivity contribution in [2.75, 3.05) is 32.0 Å². The number of aliphatic hydroxyl groups is 1. The summed E-state index contributed by atoms with van der Waals surface area (Å²) < 4.78 is 25.2. The van der Waals surface area contributed by atoms with E-state index in [1.165, 1.54) is 0 Å². The summed E-state index contributed by atoms with van der Waals surface area (Å²) in [4.78, 5) is 2.39. The molecular weight excluding hydrogens is 330 g/mol. The number of hydrogen-bond donors (Lipinski definition) is 1. The van der Waals surface area contributed by atoms with E-state index in [1.807, 2.05) is 11.8 Å². The third kappa shape index (κ3) is 5.60. The molecule has 0 bridgehead atoms. The summed E-state index contributed by atoms with van der Waals surface area (Å²) in [5.41, 5.74) is 0. The molecule has 0 aromatic heterocycles. The lowest BCUT2D eigenvalue weighted by Gasteiger charge is -2.19. The molecule has 0 radical (unpaired) electrons. The second-order valence-corrected chi connectivity index (χ2v) is 7.31. The van der Waals surface area contributed by atoms with Gasteiger partial charge in [-0.05, 0) is 37.2 Å². The highest BCUT2D eigenvalue weighted by molar-refractivity contribution is 9.10. The van der Waals surface area contributed by atoms with Gasteiger partial charge in [0.25, 0.3) is 0 Å². The van der Waals surface area contributed by atoms with E-state index in [1.54, 1.807) is 24.3 Å². The third-order valence-corrected chi connectivity index (χ3v) is 5.17. The van der Waals surface area contributed by atoms with Crippen molar-refractivity contribution in [1.82, 2.24) is 4.90 Å². The molecule has 0 atom stereocenters. The lowest BCUT2D eigenvalue weighted by molar-refractivity contribution is 0.237. The molecule has 1 rings (SSSR count). The summed E-state index contributed by atoms with van der Waals surface area (Å²) in [6.45, 7) is 4.13. The van der Waals surface area contributed by atoms with Crippen molar-refractivity contribution < 1.29 is 13.5 Å². The van der Waals surface area contributed by atoms with Crippen LogP contribution in [0.5, 0.6) is 0 Å². The Morgan fingerprint density at radius 2 is 1.84 bits per heavy atom. The zero-order chi connectivity index (χ0) is 14.3. The quantitative estimate of drug-likeness (QED) is 0.778. The molecule has 19 heavy (non-hydrogen) atoms. The topological polar surface area (TPSA) is 57.6 Å². The molecule has 4 nitrogen and oxygen atoms in total. The van der Waals surface area contributed by atoms with Gasteiger partial charge in [0.2, 0.25) is 0 Å². The van der Waals surface area contributed by atoms with Crippen LogP contribution in [0.4, 0.5) is 0 Å². The number of halogens is 1. The summed E-state index contributed by atoms with van der Waals surface area (Å²) in [5.74, 6) is 0.105. The van der Waals surface area contributed by atoms with Gasteiger partial charge in [-0.15, -0.1) is 0 Å². The number of aliphatic hydroxyl groups excluding tert-OH is 1. The van der Waals surface area contributed by atoms with E-state index in [0.717, 1.165) is 17.6 Å². The molecule has 0 heterocycles. The molecule has 6 heteroatoms. The Labute approximate surface area is 123 Å².